The predicted molar refractivity (Wildman–Crippen MR) is 78.9 cm³/mol. The molecule has 0 aromatic heterocycles. The van der Waals surface area contributed by atoms with E-state index in [-0.39, 0.29) is 5.91 Å². The van der Waals surface area contributed by atoms with Gasteiger partial charge in [0.2, 0.25) is 6.10 Å². The monoisotopic (exact) mass is 292 g/mol. The molecule has 1 aromatic rings. The van der Waals surface area contributed by atoms with Gasteiger partial charge < -0.3 is 19.6 Å². The molecule has 1 aromatic carbocycles. The Labute approximate surface area is 124 Å². The van der Waals surface area contributed by atoms with Gasteiger partial charge in [-0.05, 0) is 24.6 Å². The minimum absolute atomic E-state index is 0.129. The number of benzene rings is 1. The van der Waals surface area contributed by atoms with Crippen LogP contribution in [0, 0.1) is 0 Å². The number of rotatable bonds is 6. The number of methoxy groups -OCH3 is 2. The van der Waals surface area contributed by atoms with Crippen molar-refractivity contribution in [3.63, 3.8) is 0 Å². The molecule has 0 aliphatic carbocycles. The van der Waals surface area contributed by atoms with Crippen LogP contribution in [0.25, 0.3) is 0 Å². The van der Waals surface area contributed by atoms with Crippen LogP contribution in [-0.4, -0.2) is 38.5 Å². The summed E-state index contributed by atoms with van der Waals surface area (Å²) in [6, 6.07) is 5.50. The summed E-state index contributed by atoms with van der Waals surface area (Å²) in [7, 11) is 3.16. The SMILES string of the molecule is CCCNC(=O)[C@H]1CC(c2ccc(OC)c(OC)c2)=NO1. The molecule has 0 fully saturated rings. The van der Waals surface area contributed by atoms with Crippen LogP contribution >= 0.6 is 0 Å². The second kappa shape index (κ2) is 6.97. The first-order valence-electron chi connectivity index (χ1n) is 6.92. The van der Waals surface area contributed by atoms with Crippen LogP contribution in [0.4, 0.5) is 0 Å². The zero-order valence-corrected chi connectivity index (χ0v) is 12.5. The Morgan fingerprint density at radius 1 is 1.38 bits per heavy atom. The Morgan fingerprint density at radius 2 is 2.14 bits per heavy atom. The molecule has 6 nitrogen and oxygen atoms in total. The molecule has 0 saturated carbocycles. The Bertz CT molecular complexity index is 542. The number of amides is 1. The molecule has 0 spiro atoms. The molecule has 1 atom stereocenters. The topological polar surface area (TPSA) is 69.2 Å². The third kappa shape index (κ3) is 3.45. The summed E-state index contributed by atoms with van der Waals surface area (Å²) in [6.45, 7) is 2.64. The lowest BCUT2D eigenvalue weighted by Crippen LogP contribution is -2.35. The number of hydrogen-bond acceptors (Lipinski definition) is 5. The van der Waals surface area contributed by atoms with E-state index in [0.717, 1.165) is 17.7 Å². The van der Waals surface area contributed by atoms with Gasteiger partial charge in [0.15, 0.2) is 11.5 Å². The number of carbonyl (C=O) groups is 1. The molecule has 6 heteroatoms. The van der Waals surface area contributed by atoms with E-state index in [1.54, 1.807) is 20.3 Å². The molecule has 1 heterocycles. The molecule has 114 valence electrons. The van der Waals surface area contributed by atoms with Crippen molar-refractivity contribution >= 4 is 11.6 Å². The van der Waals surface area contributed by atoms with E-state index in [0.29, 0.717) is 24.5 Å². The van der Waals surface area contributed by atoms with Gasteiger partial charge in [-0.1, -0.05) is 12.1 Å². The summed E-state index contributed by atoms with van der Waals surface area (Å²) in [6.07, 6.45) is 0.784. The number of nitrogens with one attached hydrogen (secondary N) is 1. The molecule has 1 aliphatic rings. The number of carbonyl (C=O) groups excluding carboxylic acids is 1. The lowest BCUT2D eigenvalue weighted by atomic mass is 10.0. The molecule has 1 N–H and O–H groups in total. The smallest absolute Gasteiger partial charge is 0.264 e. The minimum Gasteiger partial charge on any atom is -0.493 e. The Balaban J connectivity index is 2.05. The third-order valence-electron chi connectivity index (χ3n) is 3.23. The standard InChI is InChI=1S/C15H20N2O4/c1-4-7-16-15(18)14-9-11(17-21-14)10-5-6-12(19-2)13(8-10)20-3/h5-6,8,14H,4,7,9H2,1-3H3,(H,16,18)/t14-/m1/s1. The first-order chi connectivity index (χ1) is 10.2. The maximum Gasteiger partial charge on any atom is 0.264 e. The van der Waals surface area contributed by atoms with Crippen molar-refractivity contribution in [2.75, 3.05) is 20.8 Å². The maximum absolute atomic E-state index is 11.9. The zero-order valence-electron chi connectivity index (χ0n) is 12.5. The van der Waals surface area contributed by atoms with Gasteiger partial charge in [0.05, 0.1) is 19.9 Å². The van der Waals surface area contributed by atoms with Gasteiger partial charge >= 0.3 is 0 Å². The van der Waals surface area contributed by atoms with Crippen molar-refractivity contribution in [3.8, 4) is 11.5 Å². The molecule has 2 rings (SSSR count). The molecule has 1 aliphatic heterocycles. The highest BCUT2D eigenvalue weighted by molar-refractivity contribution is 6.04. The van der Waals surface area contributed by atoms with E-state index in [4.69, 9.17) is 14.3 Å². The van der Waals surface area contributed by atoms with Gasteiger partial charge in [0.25, 0.3) is 5.91 Å². The molecular formula is C15H20N2O4. The maximum atomic E-state index is 11.9. The van der Waals surface area contributed by atoms with Crippen molar-refractivity contribution in [1.29, 1.82) is 0 Å². The molecule has 0 radical (unpaired) electrons. The molecule has 0 saturated heterocycles. The quantitative estimate of drug-likeness (QED) is 0.867. The van der Waals surface area contributed by atoms with Crippen LogP contribution in [0.15, 0.2) is 23.4 Å². The van der Waals surface area contributed by atoms with Crippen molar-refractivity contribution in [3.05, 3.63) is 23.8 Å². The van der Waals surface area contributed by atoms with Crippen LogP contribution in [0.1, 0.15) is 25.3 Å². The first kappa shape index (κ1) is 15.2. The Hall–Kier alpha value is -2.24. The summed E-state index contributed by atoms with van der Waals surface area (Å²) in [4.78, 5) is 17.1. The molecule has 1 amide bonds. The summed E-state index contributed by atoms with van der Waals surface area (Å²) in [5.41, 5.74) is 1.59. The fourth-order valence-electron chi connectivity index (χ4n) is 2.07. The lowest BCUT2D eigenvalue weighted by Gasteiger charge is -2.09. The third-order valence-corrected chi connectivity index (χ3v) is 3.23. The highest BCUT2D eigenvalue weighted by Gasteiger charge is 2.28. The predicted octanol–water partition coefficient (Wildman–Crippen LogP) is 1.72. The van der Waals surface area contributed by atoms with E-state index < -0.39 is 6.10 Å². The van der Waals surface area contributed by atoms with E-state index in [9.17, 15) is 4.79 Å². The second-order valence-corrected chi connectivity index (χ2v) is 4.70. The number of oxime groups is 1. The van der Waals surface area contributed by atoms with Crippen LogP contribution < -0.4 is 14.8 Å². The fraction of sp³-hybridized carbons (Fsp3) is 0.467. The Morgan fingerprint density at radius 3 is 2.81 bits per heavy atom. The second-order valence-electron chi connectivity index (χ2n) is 4.70. The van der Waals surface area contributed by atoms with Crippen molar-refractivity contribution in [2.45, 2.75) is 25.9 Å². The van der Waals surface area contributed by atoms with Crippen molar-refractivity contribution < 1.29 is 19.1 Å². The van der Waals surface area contributed by atoms with Gasteiger partial charge in [0.1, 0.15) is 0 Å². The van der Waals surface area contributed by atoms with E-state index >= 15 is 0 Å². The molecule has 0 bridgehead atoms. The van der Waals surface area contributed by atoms with E-state index in [1.165, 1.54) is 0 Å². The lowest BCUT2D eigenvalue weighted by molar-refractivity contribution is -0.131. The normalized spacial score (nSPS) is 16.9. The Kier molecular flexibility index (Phi) is 5.03. The van der Waals surface area contributed by atoms with Crippen molar-refractivity contribution in [2.24, 2.45) is 5.16 Å². The average molecular weight is 292 g/mol. The van der Waals surface area contributed by atoms with Crippen LogP contribution in [0.2, 0.25) is 0 Å². The number of hydrogen-bond donors (Lipinski definition) is 1. The van der Waals surface area contributed by atoms with Crippen molar-refractivity contribution in [1.82, 2.24) is 5.32 Å². The van der Waals surface area contributed by atoms with Gasteiger partial charge in [-0.25, -0.2) is 0 Å². The first-order valence-corrected chi connectivity index (χ1v) is 6.92. The highest BCUT2D eigenvalue weighted by Crippen LogP contribution is 2.29. The van der Waals surface area contributed by atoms with Crippen LogP contribution in [0.5, 0.6) is 11.5 Å². The molecule has 21 heavy (non-hydrogen) atoms. The fourth-order valence-corrected chi connectivity index (χ4v) is 2.07. The summed E-state index contributed by atoms with van der Waals surface area (Å²) in [5, 5.41) is 6.81. The van der Waals surface area contributed by atoms with Crippen LogP contribution in [0.3, 0.4) is 0 Å². The number of ether oxygens (including phenoxy) is 2. The largest absolute Gasteiger partial charge is 0.493 e. The summed E-state index contributed by atoms with van der Waals surface area (Å²) < 4.78 is 10.5. The van der Waals surface area contributed by atoms with E-state index in [2.05, 4.69) is 10.5 Å². The summed E-state index contributed by atoms with van der Waals surface area (Å²) >= 11 is 0. The van der Waals surface area contributed by atoms with Gasteiger partial charge in [-0.2, -0.15) is 0 Å². The molecule has 0 unspecified atom stereocenters. The molecular weight excluding hydrogens is 272 g/mol. The van der Waals surface area contributed by atoms with Gasteiger partial charge in [-0.15, -0.1) is 0 Å². The number of nitrogens with zero attached hydrogens (tertiary/aromatic N) is 1. The minimum atomic E-state index is -0.556. The zero-order chi connectivity index (χ0) is 15.2. The van der Waals surface area contributed by atoms with Gasteiger partial charge in [-0.3, -0.25) is 4.79 Å². The average Bonchev–Trinajstić information content (AvgIpc) is 3.01. The van der Waals surface area contributed by atoms with E-state index in [1.807, 2.05) is 19.1 Å². The van der Waals surface area contributed by atoms with Crippen LogP contribution in [-0.2, 0) is 9.63 Å². The summed E-state index contributed by atoms with van der Waals surface area (Å²) in [5.74, 6) is 1.14. The van der Waals surface area contributed by atoms with Gasteiger partial charge in [0, 0.05) is 18.5 Å². The highest BCUT2D eigenvalue weighted by atomic mass is 16.6.